The van der Waals surface area contributed by atoms with Crippen LogP contribution in [0.3, 0.4) is 0 Å². The maximum Gasteiger partial charge on any atom is 0.131 e. The summed E-state index contributed by atoms with van der Waals surface area (Å²) in [5, 5.41) is 9.06. The number of nitrogens with one attached hydrogen (secondary N) is 1. The number of hydrogen-bond acceptors (Lipinski definition) is 3. The Morgan fingerprint density at radius 2 is 2.04 bits per heavy atom. The van der Waals surface area contributed by atoms with Gasteiger partial charge >= 0.3 is 0 Å². The van der Waals surface area contributed by atoms with Gasteiger partial charge in [-0.25, -0.2) is 0 Å². The molecule has 0 saturated carbocycles. The van der Waals surface area contributed by atoms with Crippen molar-refractivity contribution in [3.63, 3.8) is 0 Å². The van der Waals surface area contributed by atoms with Crippen LogP contribution in [0.1, 0.15) is 49.4 Å². The van der Waals surface area contributed by atoms with E-state index < -0.39 is 0 Å². The molecule has 1 aliphatic rings. The van der Waals surface area contributed by atoms with Gasteiger partial charge in [-0.2, -0.15) is 5.10 Å². The highest BCUT2D eigenvalue weighted by Gasteiger charge is 2.22. The molecule has 1 fully saturated rings. The minimum Gasteiger partial charge on any atom is -0.308 e. The predicted octanol–water partition coefficient (Wildman–Crippen LogP) is 3.95. The second kappa shape index (κ2) is 8.35. The molecule has 1 unspecified atom stereocenters. The smallest absolute Gasteiger partial charge is 0.131 e. The minimum absolute atomic E-state index is 0.386. The summed E-state index contributed by atoms with van der Waals surface area (Å²) in [6, 6.07) is 11.2. The maximum atomic E-state index is 6.46. The summed E-state index contributed by atoms with van der Waals surface area (Å²) in [6.07, 6.45) is 2.46. The monoisotopic (exact) mass is 360 g/mol. The molecule has 25 heavy (non-hydrogen) atoms. The maximum absolute atomic E-state index is 6.46. The number of piperidine rings is 1. The third-order valence-electron chi connectivity index (χ3n) is 4.97. The molecule has 1 aromatic heterocycles. The van der Waals surface area contributed by atoms with E-state index in [1.54, 1.807) is 4.68 Å². The van der Waals surface area contributed by atoms with Crippen molar-refractivity contribution in [1.29, 1.82) is 0 Å². The van der Waals surface area contributed by atoms with E-state index in [1.807, 2.05) is 7.05 Å². The molecule has 4 nitrogen and oxygen atoms in total. The van der Waals surface area contributed by atoms with Gasteiger partial charge in [-0.3, -0.25) is 9.58 Å². The molecule has 2 heterocycles. The number of nitrogens with zero attached hydrogens (tertiary/aromatic N) is 3. The van der Waals surface area contributed by atoms with Crippen LogP contribution in [0.2, 0.25) is 5.15 Å². The molecule has 136 valence electrons. The number of aryl methyl sites for hydroxylation is 1. The molecule has 0 radical (unpaired) electrons. The number of aromatic nitrogens is 2. The molecule has 1 atom stereocenters. The van der Waals surface area contributed by atoms with E-state index in [-0.39, 0.29) is 0 Å². The van der Waals surface area contributed by atoms with Crippen LogP contribution in [-0.4, -0.2) is 33.8 Å². The zero-order valence-corrected chi connectivity index (χ0v) is 16.3. The van der Waals surface area contributed by atoms with Crippen LogP contribution in [0.5, 0.6) is 0 Å². The lowest BCUT2D eigenvalue weighted by atomic mass is 10.0. The third-order valence-corrected chi connectivity index (χ3v) is 5.44. The Balaban J connectivity index is 1.58. The van der Waals surface area contributed by atoms with E-state index in [0.29, 0.717) is 12.0 Å². The van der Waals surface area contributed by atoms with Crippen molar-refractivity contribution in [2.24, 2.45) is 7.05 Å². The molecule has 0 bridgehead atoms. The van der Waals surface area contributed by atoms with Gasteiger partial charge in [-0.05, 0) is 30.9 Å². The molecular formula is C20H29ClN4. The first-order valence-electron chi connectivity index (χ1n) is 9.25. The van der Waals surface area contributed by atoms with Crippen LogP contribution in [0.25, 0.3) is 0 Å². The average molecular weight is 361 g/mol. The minimum atomic E-state index is 0.386. The number of likely N-dealkylation sites (tertiary alicyclic amines) is 1. The average Bonchev–Trinajstić information content (AvgIpc) is 2.89. The SMILES string of the molecule is CC(C)c1nn(C)c(Cl)c1CNC1CCCN(Cc2ccccc2)C1. The first-order valence-corrected chi connectivity index (χ1v) is 9.63. The van der Waals surface area contributed by atoms with Gasteiger partial charge in [0.15, 0.2) is 0 Å². The lowest BCUT2D eigenvalue weighted by Gasteiger charge is -2.33. The molecule has 0 spiro atoms. The van der Waals surface area contributed by atoms with Gasteiger partial charge < -0.3 is 5.32 Å². The van der Waals surface area contributed by atoms with E-state index in [9.17, 15) is 0 Å². The normalized spacial score (nSPS) is 18.8. The molecule has 0 aliphatic carbocycles. The first-order chi connectivity index (χ1) is 12.0. The number of benzene rings is 1. The van der Waals surface area contributed by atoms with Crippen molar-refractivity contribution < 1.29 is 0 Å². The lowest BCUT2D eigenvalue weighted by molar-refractivity contribution is 0.182. The number of halogens is 1. The standard InChI is InChI=1S/C20H29ClN4/c1-15(2)19-18(20(21)24(3)23-19)12-22-17-10-7-11-25(14-17)13-16-8-5-4-6-9-16/h4-6,8-9,15,17,22H,7,10-14H2,1-3H3. The molecule has 1 saturated heterocycles. The van der Waals surface area contributed by atoms with E-state index in [4.69, 9.17) is 11.6 Å². The lowest BCUT2D eigenvalue weighted by Crippen LogP contribution is -2.45. The summed E-state index contributed by atoms with van der Waals surface area (Å²) in [7, 11) is 1.92. The molecule has 1 aromatic carbocycles. The third kappa shape index (κ3) is 4.63. The van der Waals surface area contributed by atoms with E-state index in [2.05, 4.69) is 59.5 Å². The number of rotatable bonds is 6. The molecule has 1 N–H and O–H groups in total. The van der Waals surface area contributed by atoms with Crippen LogP contribution in [0.4, 0.5) is 0 Å². The Hall–Kier alpha value is -1.36. The summed E-state index contributed by atoms with van der Waals surface area (Å²) in [4.78, 5) is 2.55. The van der Waals surface area contributed by atoms with Crippen LogP contribution in [0.15, 0.2) is 30.3 Å². The second-order valence-corrected chi connectivity index (χ2v) is 7.73. The van der Waals surface area contributed by atoms with E-state index in [1.165, 1.54) is 24.9 Å². The Kier molecular flexibility index (Phi) is 6.15. The highest BCUT2D eigenvalue weighted by molar-refractivity contribution is 6.30. The molecule has 5 heteroatoms. The van der Waals surface area contributed by atoms with Crippen molar-refractivity contribution in [1.82, 2.24) is 20.0 Å². The van der Waals surface area contributed by atoms with Gasteiger partial charge in [-0.1, -0.05) is 55.8 Å². The van der Waals surface area contributed by atoms with Crippen LogP contribution >= 0.6 is 11.6 Å². The van der Waals surface area contributed by atoms with Gasteiger partial charge in [0.2, 0.25) is 0 Å². The van der Waals surface area contributed by atoms with Crippen molar-refractivity contribution in [3.05, 3.63) is 52.3 Å². The quantitative estimate of drug-likeness (QED) is 0.846. The summed E-state index contributed by atoms with van der Waals surface area (Å²) in [5.41, 5.74) is 3.65. The van der Waals surface area contributed by atoms with Crippen LogP contribution < -0.4 is 5.32 Å². The molecule has 2 aromatic rings. The van der Waals surface area contributed by atoms with Gasteiger partial charge in [0.1, 0.15) is 5.15 Å². The highest BCUT2D eigenvalue weighted by atomic mass is 35.5. The summed E-state index contributed by atoms with van der Waals surface area (Å²) in [5.74, 6) is 0.386. The Labute approximate surface area is 156 Å². The summed E-state index contributed by atoms with van der Waals surface area (Å²) < 4.78 is 1.79. The van der Waals surface area contributed by atoms with Crippen molar-refractivity contribution in [2.45, 2.75) is 51.7 Å². The van der Waals surface area contributed by atoms with E-state index >= 15 is 0 Å². The van der Waals surface area contributed by atoms with Gasteiger partial charge in [0, 0.05) is 38.3 Å². The molecule has 0 amide bonds. The molecule has 3 rings (SSSR count). The van der Waals surface area contributed by atoms with Crippen molar-refractivity contribution in [3.8, 4) is 0 Å². The van der Waals surface area contributed by atoms with E-state index in [0.717, 1.165) is 36.0 Å². The fourth-order valence-corrected chi connectivity index (χ4v) is 3.85. The summed E-state index contributed by atoms with van der Waals surface area (Å²) in [6.45, 7) is 8.43. The first kappa shape index (κ1) is 18.4. The number of hydrogen-bond donors (Lipinski definition) is 1. The highest BCUT2D eigenvalue weighted by Crippen LogP contribution is 2.25. The van der Waals surface area contributed by atoms with Crippen molar-refractivity contribution >= 4 is 11.6 Å². The van der Waals surface area contributed by atoms with Crippen molar-refractivity contribution in [2.75, 3.05) is 13.1 Å². The summed E-state index contributed by atoms with van der Waals surface area (Å²) >= 11 is 6.46. The fraction of sp³-hybridized carbons (Fsp3) is 0.550. The molecule has 1 aliphatic heterocycles. The van der Waals surface area contributed by atoms with Gasteiger partial charge in [0.25, 0.3) is 0 Å². The zero-order chi connectivity index (χ0) is 17.8. The largest absolute Gasteiger partial charge is 0.308 e. The Morgan fingerprint density at radius 1 is 1.28 bits per heavy atom. The Bertz CT molecular complexity index is 681. The molecular weight excluding hydrogens is 332 g/mol. The van der Waals surface area contributed by atoms with Gasteiger partial charge in [0.05, 0.1) is 5.69 Å². The second-order valence-electron chi connectivity index (χ2n) is 7.37. The van der Waals surface area contributed by atoms with Crippen LogP contribution in [-0.2, 0) is 20.1 Å². The topological polar surface area (TPSA) is 33.1 Å². The fourth-order valence-electron chi connectivity index (χ4n) is 3.65. The van der Waals surface area contributed by atoms with Crippen LogP contribution in [0, 0.1) is 0 Å². The van der Waals surface area contributed by atoms with Gasteiger partial charge in [-0.15, -0.1) is 0 Å². The zero-order valence-electron chi connectivity index (χ0n) is 15.5. The predicted molar refractivity (Wildman–Crippen MR) is 104 cm³/mol. The Morgan fingerprint density at radius 3 is 2.76 bits per heavy atom.